The number of aryl methyl sites for hydroxylation is 2. The van der Waals surface area contributed by atoms with Crippen molar-refractivity contribution in [3.8, 4) is 5.75 Å². The maximum absolute atomic E-state index is 11.8. The van der Waals surface area contributed by atoms with Crippen LogP contribution in [0.3, 0.4) is 0 Å². The van der Waals surface area contributed by atoms with Crippen LogP contribution in [0.4, 0.5) is 0 Å². The molecular formula is C18H22O8. The van der Waals surface area contributed by atoms with E-state index in [-0.39, 0.29) is 0 Å². The predicted molar refractivity (Wildman–Crippen MR) is 91.0 cm³/mol. The van der Waals surface area contributed by atoms with Crippen LogP contribution >= 0.6 is 0 Å². The standard InChI is InChI=1S/C18H22O8/c1-3-9-6-13(20)26-17-8(2)11(5-4-10(9)17)24-18-16(23)15(22)14(21)12(7-19)25-18/h4-6,12,14-16,18-19,21-23H,3,7H2,1-2H3/t12-,14-,15+,16-,18+/m1/s1. The SMILES string of the molecule is CCc1cc(=O)oc2c(C)c(O[C@H]3O[C@H](CO)[C@@H](O)[C@H](O)[C@H]3O)ccc12. The van der Waals surface area contributed by atoms with E-state index in [0.29, 0.717) is 23.3 Å². The maximum atomic E-state index is 11.8. The van der Waals surface area contributed by atoms with Crippen molar-refractivity contribution in [1.29, 1.82) is 0 Å². The van der Waals surface area contributed by atoms with Gasteiger partial charge in [-0.3, -0.25) is 0 Å². The van der Waals surface area contributed by atoms with E-state index in [1.54, 1.807) is 19.1 Å². The van der Waals surface area contributed by atoms with Gasteiger partial charge in [-0.05, 0) is 31.0 Å². The van der Waals surface area contributed by atoms with Gasteiger partial charge < -0.3 is 34.3 Å². The second-order valence-corrected chi connectivity index (χ2v) is 6.32. The predicted octanol–water partition coefficient (Wildman–Crippen LogP) is -0.157. The summed E-state index contributed by atoms with van der Waals surface area (Å²) in [6.45, 7) is 3.09. The maximum Gasteiger partial charge on any atom is 0.336 e. The molecule has 3 rings (SSSR count). The first-order valence-corrected chi connectivity index (χ1v) is 8.40. The number of hydrogen-bond acceptors (Lipinski definition) is 8. The first kappa shape index (κ1) is 18.8. The first-order valence-electron chi connectivity index (χ1n) is 8.40. The van der Waals surface area contributed by atoms with Crippen LogP contribution in [0, 0.1) is 6.92 Å². The Morgan fingerprint density at radius 1 is 1.15 bits per heavy atom. The highest BCUT2D eigenvalue weighted by molar-refractivity contribution is 5.84. The Balaban J connectivity index is 1.96. The molecule has 0 amide bonds. The molecule has 4 N–H and O–H groups in total. The molecule has 5 atom stereocenters. The van der Waals surface area contributed by atoms with Crippen LogP contribution in [0.5, 0.6) is 5.75 Å². The number of aliphatic hydroxyl groups excluding tert-OH is 4. The molecule has 0 unspecified atom stereocenters. The lowest BCUT2D eigenvalue weighted by Crippen LogP contribution is -2.60. The highest BCUT2D eigenvalue weighted by Crippen LogP contribution is 2.31. The van der Waals surface area contributed by atoms with E-state index in [1.165, 1.54) is 6.07 Å². The minimum Gasteiger partial charge on any atom is -0.462 e. The van der Waals surface area contributed by atoms with Gasteiger partial charge in [0.25, 0.3) is 0 Å². The van der Waals surface area contributed by atoms with Crippen molar-refractivity contribution >= 4 is 11.0 Å². The smallest absolute Gasteiger partial charge is 0.336 e. The van der Waals surface area contributed by atoms with Crippen LogP contribution in [0.1, 0.15) is 18.1 Å². The van der Waals surface area contributed by atoms with Crippen molar-refractivity contribution in [2.75, 3.05) is 6.61 Å². The van der Waals surface area contributed by atoms with Gasteiger partial charge in [-0.25, -0.2) is 4.79 Å². The van der Waals surface area contributed by atoms with Gasteiger partial charge in [-0.2, -0.15) is 0 Å². The zero-order valence-electron chi connectivity index (χ0n) is 14.5. The summed E-state index contributed by atoms with van der Waals surface area (Å²) >= 11 is 0. The molecule has 1 saturated heterocycles. The highest BCUT2D eigenvalue weighted by atomic mass is 16.7. The number of fused-ring (bicyclic) bond motifs is 1. The third-order valence-electron chi connectivity index (χ3n) is 4.67. The van der Waals surface area contributed by atoms with Gasteiger partial charge >= 0.3 is 5.63 Å². The molecule has 1 aliphatic heterocycles. The lowest BCUT2D eigenvalue weighted by Gasteiger charge is -2.39. The van der Waals surface area contributed by atoms with Gasteiger partial charge in [0.05, 0.1) is 6.61 Å². The summed E-state index contributed by atoms with van der Waals surface area (Å²) in [5, 5.41) is 39.8. The monoisotopic (exact) mass is 366 g/mol. The number of ether oxygens (including phenoxy) is 2. The number of benzene rings is 1. The largest absolute Gasteiger partial charge is 0.462 e. The second kappa shape index (κ2) is 7.34. The molecule has 2 heterocycles. The van der Waals surface area contributed by atoms with Crippen LogP contribution in [-0.4, -0.2) is 57.7 Å². The third-order valence-corrected chi connectivity index (χ3v) is 4.67. The zero-order valence-corrected chi connectivity index (χ0v) is 14.5. The van der Waals surface area contributed by atoms with E-state index in [9.17, 15) is 25.2 Å². The minimum absolute atomic E-state index is 0.290. The lowest BCUT2D eigenvalue weighted by molar-refractivity contribution is -0.277. The third kappa shape index (κ3) is 3.22. The topological polar surface area (TPSA) is 130 Å². The highest BCUT2D eigenvalue weighted by Gasteiger charge is 2.44. The van der Waals surface area contributed by atoms with E-state index in [4.69, 9.17) is 13.9 Å². The van der Waals surface area contributed by atoms with Crippen LogP contribution in [-0.2, 0) is 11.2 Å². The van der Waals surface area contributed by atoms with Crippen LogP contribution in [0.2, 0.25) is 0 Å². The van der Waals surface area contributed by atoms with Crippen LogP contribution < -0.4 is 10.4 Å². The molecule has 26 heavy (non-hydrogen) atoms. The van der Waals surface area contributed by atoms with Crippen molar-refractivity contribution in [1.82, 2.24) is 0 Å². The summed E-state index contributed by atoms with van der Waals surface area (Å²) < 4.78 is 16.3. The molecule has 0 saturated carbocycles. The number of rotatable bonds is 4. The second-order valence-electron chi connectivity index (χ2n) is 6.32. The van der Waals surface area contributed by atoms with Gasteiger partial charge in [-0.15, -0.1) is 0 Å². The number of hydrogen-bond donors (Lipinski definition) is 4. The van der Waals surface area contributed by atoms with Gasteiger partial charge in [0.1, 0.15) is 35.7 Å². The summed E-state index contributed by atoms with van der Waals surface area (Å²) in [5.41, 5.74) is 1.28. The first-order chi connectivity index (χ1) is 12.4. The quantitative estimate of drug-likeness (QED) is 0.550. The molecule has 1 fully saturated rings. The van der Waals surface area contributed by atoms with Crippen molar-refractivity contribution in [2.45, 2.75) is 51.0 Å². The fraction of sp³-hybridized carbons (Fsp3) is 0.500. The molecule has 8 heteroatoms. The Labute approximate surface area is 149 Å². The van der Waals surface area contributed by atoms with Gasteiger partial charge in [-0.1, -0.05) is 6.92 Å². The number of aliphatic hydroxyl groups is 4. The molecule has 142 valence electrons. The molecule has 1 aromatic heterocycles. The Morgan fingerprint density at radius 2 is 1.88 bits per heavy atom. The van der Waals surface area contributed by atoms with Crippen LogP contribution in [0.15, 0.2) is 27.4 Å². The molecule has 1 aliphatic rings. The van der Waals surface area contributed by atoms with Crippen LogP contribution in [0.25, 0.3) is 11.0 Å². The molecule has 1 aromatic carbocycles. The Morgan fingerprint density at radius 3 is 2.54 bits per heavy atom. The average molecular weight is 366 g/mol. The molecular weight excluding hydrogens is 344 g/mol. The van der Waals surface area contributed by atoms with Crippen molar-refractivity contribution in [2.24, 2.45) is 0 Å². The fourth-order valence-corrected chi connectivity index (χ4v) is 3.12. The summed E-state index contributed by atoms with van der Waals surface area (Å²) in [7, 11) is 0. The molecule has 8 nitrogen and oxygen atoms in total. The van der Waals surface area contributed by atoms with Gasteiger partial charge in [0, 0.05) is 17.0 Å². The van der Waals surface area contributed by atoms with E-state index in [1.807, 2.05) is 6.92 Å². The Kier molecular flexibility index (Phi) is 5.31. The summed E-state index contributed by atoms with van der Waals surface area (Å²) in [6.07, 6.45) is -6.22. The summed E-state index contributed by atoms with van der Waals surface area (Å²) in [4.78, 5) is 11.8. The van der Waals surface area contributed by atoms with E-state index in [0.717, 1.165) is 10.9 Å². The molecule has 2 aromatic rings. The summed E-state index contributed by atoms with van der Waals surface area (Å²) in [5.74, 6) is 0.290. The Hall–Kier alpha value is -1.97. The molecule has 0 bridgehead atoms. The van der Waals surface area contributed by atoms with Crippen molar-refractivity contribution in [3.05, 3.63) is 39.7 Å². The fourth-order valence-electron chi connectivity index (χ4n) is 3.12. The van der Waals surface area contributed by atoms with E-state index < -0.39 is 42.9 Å². The average Bonchev–Trinajstić information content (AvgIpc) is 2.63. The summed E-state index contributed by atoms with van der Waals surface area (Å²) in [6, 6.07) is 4.83. The van der Waals surface area contributed by atoms with Crippen molar-refractivity contribution in [3.63, 3.8) is 0 Å². The molecule has 0 aliphatic carbocycles. The van der Waals surface area contributed by atoms with E-state index >= 15 is 0 Å². The molecule has 0 radical (unpaired) electrons. The van der Waals surface area contributed by atoms with Crippen molar-refractivity contribution < 1.29 is 34.3 Å². The minimum atomic E-state index is -1.53. The Bertz CT molecular complexity index is 843. The van der Waals surface area contributed by atoms with Gasteiger partial charge in [0.2, 0.25) is 6.29 Å². The van der Waals surface area contributed by atoms with Gasteiger partial charge in [0.15, 0.2) is 0 Å². The zero-order chi connectivity index (χ0) is 19.0. The normalized spacial score (nSPS) is 29.1. The molecule has 0 spiro atoms. The van der Waals surface area contributed by atoms with E-state index in [2.05, 4.69) is 0 Å². The lowest BCUT2D eigenvalue weighted by atomic mass is 9.99.